The Bertz CT molecular complexity index is 1140. The molecule has 0 fully saturated rings. The Morgan fingerprint density at radius 1 is 1.00 bits per heavy atom. The van der Waals surface area contributed by atoms with E-state index in [9.17, 15) is 18.1 Å². The van der Waals surface area contributed by atoms with Crippen LogP contribution in [0.2, 0.25) is 0 Å². The normalized spacial score (nSPS) is 12.1. The van der Waals surface area contributed by atoms with Crippen LogP contribution in [0.5, 0.6) is 5.75 Å². The predicted molar refractivity (Wildman–Crippen MR) is 99.9 cm³/mol. The van der Waals surface area contributed by atoms with Gasteiger partial charge >= 0.3 is 0 Å². The number of phenolic OH excluding ortho intramolecular Hbond substituents is 1. The number of nitrogens with zero attached hydrogens (tertiary/aromatic N) is 2. The van der Waals surface area contributed by atoms with Crippen molar-refractivity contribution in [3.05, 3.63) is 53.6 Å². The lowest BCUT2D eigenvalue weighted by Crippen LogP contribution is -2.00. The van der Waals surface area contributed by atoms with Gasteiger partial charge < -0.3 is 10.8 Å². The van der Waals surface area contributed by atoms with Crippen molar-refractivity contribution in [1.82, 2.24) is 0 Å². The predicted octanol–water partition coefficient (Wildman–Crippen LogP) is 4.41. The molecular formula is C18H17N3O4S. The Morgan fingerprint density at radius 3 is 2.27 bits per heavy atom. The molecule has 134 valence electrons. The van der Waals surface area contributed by atoms with Crippen molar-refractivity contribution in [1.29, 1.82) is 0 Å². The Balaban J connectivity index is 2.16. The molecule has 0 spiro atoms. The summed E-state index contributed by atoms with van der Waals surface area (Å²) in [6.45, 7) is 3.67. The van der Waals surface area contributed by atoms with Gasteiger partial charge in [-0.1, -0.05) is 17.7 Å². The average Bonchev–Trinajstić information content (AvgIpc) is 2.54. The van der Waals surface area contributed by atoms with Crippen LogP contribution in [0, 0.1) is 13.8 Å². The quantitative estimate of drug-likeness (QED) is 0.357. The number of rotatable bonds is 3. The SMILES string of the molecule is Cc1ccc(N=Nc2c(C)cc3cc(S(=O)(=O)O)cc(N)c3c2O)cc1. The van der Waals surface area contributed by atoms with Gasteiger partial charge in [0, 0.05) is 11.1 Å². The molecule has 0 radical (unpaired) electrons. The van der Waals surface area contributed by atoms with E-state index in [0.717, 1.165) is 11.6 Å². The molecule has 0 aromatic heterocycles. The van der Waals surface area contributed by atoms with Crippen molar-refractivity contribution in [2.75, 3.05) is 5.73 Å². The first-order chi connectivity index (χ1) is 12.2. The number of nitrogen functional groups attached to an aromatic ring is 1. The van der Waals surface area contributed by atoms with E-state index < -0.39 is 10.1 Å². The summed E-state index contributed by atoms with van der Waals surface area (Å²) in [7, 11) is -4.41. The van der Waals surface area contributed by atoms with Crippen molar-refractivity contribution in [3.8, 4) is 5.75 Å². The highest BCUT2D eigenvalue weighted by Gasteiger charge is 2.17. The van der Waals surface area contributed by atoms with Crippen molar-refractivity contribution >= 4 is 38.0 Å². The molecule has 0 amide bonds. The van der Waals surface area contributed by atoms with Crippen molar-refractivity contribution in [3.63, 3.8) is 0 Å². The number of fused-ring (bicyclic) bond motifs is 1. The number of phenols is 1. The fourth-order valence-electron chi connectivity index (χ4n) is 2.65. The summed E-state index contributed by atoms with van der Waals surface area (Å²) in [5.74, 6) is -0.199. The first-order valence-electron chi connectivity index (χ1n) is 7.68. The number of aryl methyl sites for hydroxylation is 2. The van der Waals surface area contributed by atoms with Gasteiger partial charge in [0.2, 0.25) is 0 Å². The minimum absolute atomic E-state index is 0.0133. The summed E-state index contributed by atoms with van der Waals surface area (Å²) in [6, 6.07) is 11.4. The van der Waals surface area contributed by atoms with Gasteiger partial charge in [0.05, 0.1) is 10.6 Å². The van der Waals surface area contributed by atoms with Crippen molar-refractivity contribution < 1.29 is 18.1 Å². The van der Waals surface area contributed by atoms with Crippen LogP contribution in [-0.4, -0.2) is 18.1 Å². The second-order valence-electron chi connectivity index (χ2n) is 6.01. The van der Waals surface area contributed by atoms with Crippen molar-refractivity contribution in [2.45, 2.75) is 18.7 Å². The molecule has 0 unspecified atom stereocenters. The van der Waals surface area contributed by atoms with E-state index in [2.05, 4.69) is 10.2 Å². The zero-order chi connectivity index (χ0) is 19.1. The molecule has 0 saturated carbocycles. The van der Waals surface area contributed by atoms with Crippen molar-refractivity contribution in [2.24, 2.45) is 10.2 Å². The van der Waals surface area contributed by atoms with Crippen LogP contribution >= 0.6 is 0 Å². The molecule has 0 aliphatic carbocycles. The van der Waals surface area contributed by atoms with E-state index in [1.165, 1.54) is 6.07 Å². The molecule has 3 rings (SSSR count). The van der Waals surface area contributed by atoms with E-state index in [0.29, 0.717) is 16.6 Å². The van der Waals surface area contributed by atoms with Crippen LogP contribution < -0.4 is 5.73 Å². The highest BCUT2D eigenvalue weighted by molar-refractivity contribution is 7.85. The Labute approximate surface area is 150 Å². The number of nitrogens with two attached hydrogens (primary N) is 1. The van der Waals surface area contributed by atoms with Gasteiger partial charge in [-0.25, -0.2) is 0 Å². The number of hydrogen-bond donors (Lipinski definition) is 3. The summed E-state index contributed by atoms with van der Waals surface area (Å²) in [6.07, 6.45) is 0. The van der Waals surface area contributed by atoms with Gasteiger partial charge in [-0.3, -0.25) is 4.55 Å². The molecule has 0 saturated heterocycles. The van der Waals surface area contributed by atoms with E-state index in [1.807, 2.05) is 19.1 Å². The topological polar surface area (TPSA) is 125 Å². The third-order valence-corrected chi connectivity index (χ3v) is 4.81. The maximum absolute atomic E-state index is 11.4. The van der Waals surface area contributed by atoms with Gasteiger partial charge in [-0.2, -0.15) is 13.5 Å². The van der Waals surface area contributed by atoms with Gasteiger partial charge in [0.25, 0.3) is 10.1 Å². The van der Waals surface area contributed by atoms with E-state index >= 15 is 0 Å². The minimum Gasteiger partial charge on any atom is -0.505 e. The van der Waals surface area contributed by atoms with Gasteiger partial charge in [0.15, 0.2) is 5.75 Å². The molecule has 4 N–H and O–H groups in total. The lowest BCUT2D eigenvalue weighted by Gasteiger charge is -2.11. The number of anilines is 1. The number of hydrogen-bond acceptors (Lipinski definition) is 6. The fraction of sp³-hybridized carbons (Fsp3) is 0.111. The molecule has 0 heterocycles. The van der Waals surface area contributed by atoms with Gasteiger partial charge in [0.1, 0.15) is 5.69 Å². The molecule has 3 aromatic carbocycles. The summed E-state index contributed by atoms with van der Waals surface area (Å²) in [5, 5.41) is 19.4. The molecule has 26 heavy (non-hydrogen) atoms. The smallest absolute Gasteiger partial charge is 0.294 e. The number of benzene rings is 3. The Morgan fingerprint density at radius 2 is 1.65 bits per heavy atom. The van der Waals surface area contributed by atoms with Crippen LogP contribution in [-0.2, 0) is 10.1 Å². The summed E-state index contributed by atoms with van der Waals surface area (Å²) in [5.41, 5.74) is 8.45. The lowest BCUT2D eigenvalue weighted by atomic mass is 10.0. The van der Waals surface area contributed by atoms with Crippen LogP contribution in [0.1, 0.15) is 11.1 Å². The maximum atomic E-state index is 11.4. The van der Waals surface area contributed by atoms with Crippen LogP contribution in [0.25, 0.3) is 10.8 Å². The molecule has 0 atom stereocenters. The minimum atomic E-state index is -4.41. The standard InChI is InChI=1S/C18H17N3O4S/c1-10-3-5-13(6-4-10)20-21-17-11(2)7-12-8-14(26(23,24)25)9-15(19)16(12)18(17)22/h3-9,22H,19H2,1-2H3,(H,23,24,25). The lowest BCUT2D eigenvalue weighted by molar-refractivity contribution is 0.480. The second-order valence-corrected chi connectivity index (χ2v) is 7.43. The Kier molecular flexibility index (Phi) is 4.39. The fourth-order valence-corrected chi connectivity index (χ4v) is 3.20. The summed E-state index contributed by atoms with van der Waals surface area (Å²) in [4.78, 5) is -0.338. The summed E-state index contributed by atoms with van der Waals surface area (Å²) < 4.78 is 31.9. The average molecular weight is 371 g/mol. The molecule has 7 nitrogen and oxygen atoms in total. The number of aromatic hydroxyl groups is 1. The maximum Gasteiger partial charge on any atom is 0.294 e. The molecule has 8 heteroatoms. The van der Waals surface area contributed by atoms with Gasteiger partial charge in [-0.05, 0) is 55.1 Å². The first-order valence-corrected chi connectivity index (χ1v) is 9.12. The third-order valence-electron chi connectivity index (χ3n) is 3.98. The third kappa shape index (κ3) is 3.37. The van der Waals surface area contributed by atoms with E-state index in [4.69, 9.17) is 5.73 Å². The van der Waals surface area contributed by atoms with Crippen LogP contribution in [0.3, 0.4) is 0 Å². The first kappa shape index (κ1) is 17.8. The Hall–Kier alpha value is -2.97. The molecule has 0 aliphatic rings. The zero-order valence-electron chi connectivity index (χ0n) is 14.1. The molecule has 0 bridgehead atoms. The molecular weight excluding hydrogens is 354 g/mol. The largest absolute Gasteiger partial charge is 0.505 e. The monoisotopic (exact) mass is 371 g/mol. The summed E-state index contributed by atoms with van der Waals surface area (Å²) >= 11 is 0. The molecule has 3 aromatic rings. The highest BCUT2D eigenvalue weighted by atomic mass is 32.2. The van der Waals surface area contributed by atoms with Gasteiger partial charge in [-0.15, -0.1) is 5.11 Å². The second kappa shape index (κ2) is 6.40. The number of azo groups is 1. The molecule has 0 aliphatic heterocycles. The van der Waals surface area contributed by atoms with Crippen LogP contribution in [0.15, 0.2) is 57.6 Å². The van der Waals surface area contributed by atoms with E-state index in [-0.39, 0.29) is 27.4 Å². The van der Waals surface area contributed by atoms with Crippen LogP contribution in [0.4, 0.5) is 17.1 Å². The van der Waals surface area contributed by atoms with E-state index in [1.54, 1.807) is 25.1 Å². The zero-order valence-corrected chi connectivity index (χ0v) is 14.9. The highest BCUT2D eigenvalue weighted by Crippen LogP contribution is 2.42.